The minimum atomic E-state index is -3.86. The first-order valence-corrected chi connectivity index (χ1v) is 12.8. The fraction of sp³-hybridized carbons (Fsp3) is 0.174. The average molecular weight is 621 g/mol. The van der Waals surface area contributed by atoms with Crippen LogP contribution in [-0.2, 0) is 16.4 Å². The Labute approximate surface area is 213 Å². The third-order valence-electron chi connectivity index (χ3n) is 5.07. The molecule has 6 nitrogen and oxygen atoms in total. The molecule has 0 radical (unpaired) electrons. The Morgan fingerprint density at radius 3 is 2.26 bits per heavy atom. The molecule has 0 bridgehead atoms. The summed E-state index contributed by atoms with van der Waals surface area (Å²) in [5, 5.41) is 1.52. The standard InChI is InChI=1S/C23H20F4IN3O3S/c1-11(2)35(33,34)31-18-5-3-4-12(19(18)25)8-13-9-15(23(29)32)22(21(27)20(13)26)30-17-7-6-14(28)10-16(17)24/h3-7,9-11,30-31H,8H2,1-2H3,(H2,29,32). The zero-order valence-corrected chi connectivity index (χ0v) is 21.4. The highest BCUT2D eigenvalue weighted by molar-refractivity contribution is 14.1. The van der Waals surface area contributed by atoms with Gasteiger partial charge in [0.25, 0.3) is 5.91 Å². The summed E-state index contributed by atoms with van der Waals surface area (Å²) in [4.78, 5) is 12.0. The second kappa shape index (κ2) is 10.4. The molecule has 1 amide bonds. The van der Waals surface area contributed by atoms with Crippen LogP contribution in [0.3, 0.4) is 0 Å². The number of sulfonamides is 1. The van der Waals surface area contributed by atoms with E-state index in [1.807, 2.05) is 22.6 Å². The number of hydrogen-bond acceptors (Lipinski definition) is 4. The van der Waals surface area contributed by atoms with Gasteiger partial charge in [0, 0.05) is 9.99 Å². The number of rotatable bonds is 8. The fourth-order valence-electron chi connectivity index (χ4n) is 3.12. The number of benzene rings is 3. The van der Waals surface area contributed by atoms with Gasteiger partial charge in [0.2, 0.25) is 10.0 Å². The molecule has 35 heavy (non-hydrogen) atoms. The summed E-state index contributed by atoms with van der Waals surface area (Å²) in [7, 11) is -3.86. The van der Waals surface area contributed by atoms with Crippen LogP contribution in [-0.4, -0.2) is 19.6 Å². The molecule has 0 saturated heterocycles. The van der Waals surface area contributed by atoms with Crippen LogP contribution in [0.5, 0.6) is 0 Å². The van der Waals surface area contributed by atoms with Crippen molar-refractivity contribution in [2.45, 2.75) is 25.5 Å². The lowest BCUT2D eigenvalue weighted by Gasteiger charge is -2.16. The predicted octanol–water partition coefficient (Wildman–Crippen LogP) is 5.43. The van der Waals surface area contributed by atoms with E-state index in [1.54, 1.807) is 0 Å². The van der Waals surface area contributed by atoms with Crippen LogP contribution in [0.15, 0.2) is 42.5 Å². The van der Waals surface area contributed by atoms with E-state index in [9.17, 15) is 26.4 Å². The van der Waals surface area contributed by atoms with Crippen molar-refractivity contribution in [3.05, 3.63) is 86.0 Å². The number of amides is 1. The Kier molecular flexibility index (Phi) is 7.94. The minimum absolute atomic E-state index is 0.160. The normalized spacial score (nSPS) is 11.5. The molecule has 3 aromatic rings. The Balaban J connectivity index is 2.03. The molecule has 0 spiro atoms. The molecule has 0 fully saturated rings. The van der Waals surface area contributed by atoms with Crippen molar-refractivity contribution in [2.24, 2.45) is 5.73 Å². The summed E-state index contributed by atoms with van der Waals surface area (Å²) in [6.45, 7) is 2.82. The van der Waals surface area contributed by atoms with Crippen molar-refractivity contribution in [1.29, 1.82) is 0 Å². The van der Waals surface area contributed by atoms with Crippen molar-refractivity contribution < 1.29 is 30.8 Å². The lowest BCUT2D eigenvalue weighted by Crippen LogP contribution is -2.23. The van der Waals surface area contributed by atoms with Crippen LogP contribution in [0.4, 0.5) is 34.6 Å². The second-order valence-corrected chi connectivity index (χ2v) is 11.3. The molecule has 0 aliphatic rings. The molecule has 12 heteroatoms. The van der Waals surface area contributed by atoms with Crippen molar-refractivity contribution in [3.63, 3.8) is 0 Å². The third-order valence-corrected chi connectivity index (χ3v) is 7.49. The molecule has 0 aliphatic heterocycles. The maximum atomic E-state index is 15.0. The number of nitrogens with one attached hydrogen (secondary N) is 2. The summed E-state index contributed by atoms with van der Waals surface area (Å²) >= 11 is 1.87. The zero-order valence-electron chi connectivity index (χ0n) is 18.4. The molecule has 4 N–H and O–H groups in total. The molecule has 0 aromatic heterocycles. The van der Waals surface area contributed by atoms with Crippen molar-refractivity contribution in [3.8, 4) is 0 Å². The Morgan fingerprint density at radius 1 is 0.971 bits per heavy atom. The molecule has 0 aliphatic carbocycles. The average Bonchev–Trinajstić information content (AvgIpc) is 2.77. The minimum Gasteiger partial charge on any atom is -0.366 e. The number of hydrogen-bond donors (Lipinski definition) is 3. The largest absolute Gasteiger partial charge is 0.366 e. The van der Waals surface area contributed by atoms with Crippen molar-refractivity contribution in [1.82, 2.24) is 0 Å². The van der Waals surface area contributed by atoms with E-state index in [4.69, 9.17) is 5.73 Å². The summed E-state index contributed by atoms with van der Waals surface area (Å²) in [5.74, 6) is -5.79. The van der Waals surface area contributed by atoms with Gasteiger partial charge < -0.3 is 11.1 Å². The van der Waals surface area contributed by atoms with Crippen LogP contribution in [0.1, 0.15) is 35.3 Å². The van der Waals surface area contributed by atoms with Gasteiger partial charge in [-0.25, -0.2) is 26.0 Å². The molecule has 0 unspecified atom stereocenters. The van der Waals surface area contributed by atoms with Crippen LogP contribution in [0.2, 0.25) is 0 Å². The van der Waals surface area contributed by atoms with E-state index >= 15 is 4.39 Å². The molecule has 0 heterocycles. The number of anilines is 3. The number of carbonyl (C=O) groups is 1. The molecule has 0 saturated carbocycles. The maximum Gasteiger partial charge on any atom is 0.250 e. The fourth-order valence-corrected chi connectivity index (χ4v) is 4.27. The Hall–Kier alpha value is -2.87. The van der Waals surface area contributed by atoms with Gasteiger partial charge in [-0.15, -0.1) is 0 Å². The maximum absolute atomic E-state index is 15.0. The lowest BCUT2D eigenvalue weighted by molar-refractivity contribution is 0.100. The molecular weight excluding hydrogens is 601 g/mol. The number of nitrogens with two attached hydrogens (primary N) is 1. The quantitative estimate of drug-likeness (QED) is 0.231. The lowest BCUT2D eigenvalue weighted by atomic mass is 9.99. The number of primary amides is 1. The highest BCUT2D eigenvalue weighted by Crippen LogP contribution is 2.32. The summed E-state index contributed by atoms with van der Waals surface area (Å²) < 4.78 is 86.1. The van der Waals surface area contributed by atoms with Gasteiger partial charge >= 0.3 is 0 Å². The van der Waals surface area contributed by atoms with Gasteiger partial charge in [0.1, 0.15) is 5.82 Å². The third kappa shape index (κ3) is 5.86. The van der Waals surface area contributed by atoms with Gasteiger partial charge in [-0.3, -0.25) is 9.52 Å². The molecule has 3 aromatic carbocycles. The first kappa shape index (κ1) is 26.7. The van der Waals surface area contributed by atoms with E-state index < -0.39 is 67.7 Å². The first-order chi connectivity index (χ1) is 16.3. The van der Waals surface area contributed by atoms with Crippen LogP contribution >= 0.6 is 22.6 Å². The van der Waals surface area contributed by atoms with Crippen LogP contribution in [0, 0.1) is 26.8 Å². The van der Waals surface area contributed by atoms with Crippen molar-refractivity contribution >= 4 is 55.6 Å². The first-order valence-electron chi connectivity index (χ1n) is 10.1. The van der Waals surface area contributed by atoms with Crippen LogP contribution in [0.25, 0.3) is 0 Å². The smallest absolute Gasteiger partial charge is 0.250 e. The molecular formula is C23H20F4IN3O3S. The molecule has 186 valence electrons. The molecule has 3 rings (SSSR count). The summed E-state index contributed by atoms with van der Waals surface area (Å²) in [6, 6.07) is 8.68. The molecule has 0 atom stereocenters. The Morgan fingerprint density at radius 2 is 1.66 bits per heavy atom. The van der Waals surface area contributed by atoms with E-state index in [0.717, 1.165) is 12.1 Å². The monoisotopic (exact) mass is 621 g/mol. The van der Waals surface area contributed by atoms with E-state index in [0.29, 0.717) is 3.57 Å². The number of halogens is 5. The van der Waals surface area contributed by atoms with E-state index in [2.05, 4.69) is 10.0 Å². The van der Waals surface area contributed by atoms with Gasteiger partial charge in [0.05, 0.1) is 27.9 Å². The van der Waals surface area contributed by atoms with E-state index in [-0.39, 0.29) is 16.9 Å². The Bertz CT molecular complexity index is 1420. The van der Waals surface area contributed by atoms with Crippen LogP contribution < -0.4 is 15.8 Å². The predicted molar refractivity (Wildman–Crippen MR) is 134 cm³/mol. The zero-order chi connectivity index (χ0) is 26.1. The van der Waals surface area contributed by atoms with Crippen molar-refractivity contribution in [2.75, 3.05) is 10.0 Å². The summed E-state index contributed by atoms with van der Waals surface area (Å²) in [5.41, 5.74) is 3.06. The summed E-state index contributed by atoms with van der Waals surface area (Å²) in [6.07, 6.45) is -0.524. The van der Waals surface area contributed by atoms with Gasteiger partial charge in [-0.05, 0) is 77.9 Å². The highest BCUT2D eigenvalue weighted by Gasteiger charge is 2.24. The SMILES string of the molecule is CC(C)S(=O)(=O)Nc1cccc(Cc2cc(C(N)=O)c(Nc3ccc(I)cc3F)c(F)c2F)c1F. The topological polar surface area (TPSA) is 101 Å². The van der Waals surface area contributed by atoms with Gasteiger partial charge in [-0.1, -0.05) is 12.1 Å². The van der Waals surface area contributed by atoms with Gasteiger partial charge in [0.15, 0.2) is 17.5 Å². The number of carbonyl (C=O) groups excluding carboxylic acids is 1. The van der Waals surface area contributed by atoms with E-state index in [1.165, 1.54) is 44.2 Å². The second-order valence-electron chi connectivity index (χ2n) is 7.85. The highest BCUT2D eigenvalue weighted by atomic mass is 127. The van der Waals surface area contributed by atoms with Gasteiger partial charge in [-0.2, -0.15) is 0 Å².